The molecule has 0 saturated carbocycles. The van der Waals surface area contributed by atoms with E-state index in [9.17, 15) is 0 Å². The van der Waals surface area contributed by atoms with Crippen LogP contribution in [0.1, 0.15) is 24.6 Å². The van der Waals surface area contributed by atoms with Crippen LogP contribution in [0.3, 0.4) is 0 Å². The van der Waals surface area contributed by atoms with Crippen molar-refractivity contribution < 1.29 is 0 Å². The molecule has 0 radical (unpaired) electrons. The Morgan fingerprint density at radius 3 is 2.77 bits per heavy atom. The summed E-state index contributed by atoms with van der Waals surface area (Å²) < 4.78 is 0. The summed E-state index contributed by atoms with van der Waals surface area (Å²) in [5.41, 5.74) is 2.28. The van der Waals surface area contributed by atoms with Gasteiger partial charge in [0.2, 0.25) is 0 Å². The molecule has 3 nitrogen and oxygen atoms in total. The Kier molecular flexibility index (Phi) is 4.64. The fourth-order valence-corrected chi connectivity index (χ4v) is 6.17. The predicted octanol–water partition coefficient (Wildman–Crippen LogP) is 3.59. The van der Waals surface area contributed by atoms with Gasteiger partial charge in [0.25, 0.3) is 0 Å². The maximum atomic E-state index is 4.84. The molecule has 1 aromatic heterocycles. The maximum absolute atomic E-state index is 4.84. The molecule has 2 aliphatic rings. The summed E-state index contributed by atoms with van der Waals surface area (Å²) in [7, 11) is 0. The second-order valence-electron chi connectivity index (χ2n) is 6.28. The number of nitrogens with one attached hydrogen (secondary N) is 1. The van der Waals surface area contributed by atoms with Crippen molar-refractivity contribution in [3.63, 3.8) is 0 Å². The lowest BCUT2D eigenvalue weighted by atomic mass is 9.96. The second-order valence-corrected chi connectivity index (χ2v) is 8.58. The quantitative estimate of drug-likeness (QED) is 0.910. The predicted molar refractivity (Wildman–Crippen MR) is 98.1 cm³/mol. The van der Waals surface area contributed by atoms with Crippen molar-refractivity contribution >= 4 is 34.6 Å². The molecule has 0 bridgehead atoms. The van der Waals surface area contributed by atoms with Crippen molar-refractivity contribution in [1.29, 1.82) is 0 Å². The van der Waals surface area contributed by atoms with Gasteiger partial charge >= 0.3 is 0 Å². The Morgan fingerprint density at radius 1 is 1.14 bits per heavy atom. The van der Waals surface area contributed by atoms with Crippen LogP contribution in [0.25, 0.3) is 11.0 Å². The van der Waals surface area contributed by atoms with Gasteiger partial charge in [-0.05, 0) is 31.5 Å². The first-order valence-corrected chi connectivity index (χ1v) is 10.6. The van der Waals surface area contributed by atoms with E-state index in [1.807, 2.05) is 0 Å². The van der Waals surface area contributed by atoms with Crippen molar-refractivity contribution in [2.75, 3.05) is 36.1 Å². The number of hydrogen-bond acceptors (Lipinski definition) is 4. The molecule has 2 aliphatic heterocycles. The molecule has 3 heterocycles. The molecule has 22 heavy (non-hydrogen) atoms. The average molecular weight is 334 g/mol. The smallest absolute Gasteiger partial charge is 0.111 e. The number of nitrogens with zero attached hydrogens (tertiary/aromatic N) is 2. The highest BCUT2D eigenvalue weighted by Crippen LogP contribution is 2.30. The molecule has 118 valence electrons. The molecule has 1 atom stereocenters. The molecule has 0 aliphatic carbocycles. The Balaban J connectivity index is 1.50. The molecule has 2 fully saturated rings. The van der Waals surface area contributed by atoms with Crippen molar-refractivity contribution in [3.05, 3.63) is 30.1 Å². The van der Waals surface area contributed by atoms with Crippen molar-refractivity contribution in [2.45, 2.75) is 24.8 Å². The lowest BCUT2D eigenvalue weighted by Gasteiger charge is -2.37. The topological polar surface area (TPSA) is 31.9 Å². The summed E-state index contributed by atoms with van der Waals surface area (Å²) in [6.45, 7) is 2.44. The van der Waals surface area contributed by atoms with Crippen molar-refractivity contribution in [1.82, 2.24) is 14.9 Å². The third-order valence-corrected chi connectivity index (χ3v) is 7.24. The zero-order valence-corrected chi connectivity index (χ0v) is 14.5. The number of aromatic amines is 1. The third-order valence-electron chi connectivity index (χ3n) is 4.76. The van der Waals surface area contributed by atoms with Gasteiger partial charge in [-0.3, -0.25) is 4.90 Å². The number of H-pyrrole nitrogens is 1. The number of fused-ring (bicyclic) bond motifs is 1. The van der Waals surface area contributed by atoms with Crippen molar-refractivity contribution in [2.24, 2.45) is 0 Å². The first-order chi connectivity index (χ1) is 10.9. The summed E-state index contributed by atoms with van der Waals surface area (Å²) >= 11 is 4.26. The Bertz CT molecular complexity index is 586. The monoisotopic (exact) mass is 333 g/mol. The fraction of sp³-hybridized carbons (Fsp3) is 0.588. The second kappa shape index (κ2) is 6.85. The Morgan fingerprint density at radius 2 is 1.95 bits per heavy atom. The van der Waals surface area contributed by atoms with E-state index in [1.54, 1.807) is 0 Å². The number of hydrogen-bond donors (Lipinski definition) is 1. The van der Waals surface area contributed by atoms with Crippen LogP contribution in [0.2, 0.25) is 0 Å². The molecular weight excluding hydrogens is 310 g/mol. The number of rotatable bonds is 2. The average Bonchev–Trinajstić information content (AvgIpc) is 2.81. The maximum Gasteiger partial charge on any atom is 0.111 e. The molecule has 0 amide bonds. The molecule has 2 saturated heterocycles. The van der Waals surface area contributed by atoms with Crippen LogP contribution in [0.15, 0.2) is 24.3 Å². The number of piperidine rings is 1. The van der Waals surface area contributed by atoms with Crippen LogP contribution < -0.4 is 0 Å². The molecule has 2 aromatic rings. The number of likely N-dealkylation sites (tertiary alicyclic amines) is 1. The molecule has 1 N–H and O–H groups in total. The van der Waals surface area contributed by atoms with E-state index in [0.717, 1.165) is 11.6 Å². The van der Waals surface area contributed by atoms with Gasteiger partial charge in [0.05, 0.1) is 11.0 Å². The van der Waals surface area contributed by atoms with Gasteiger partial charge in [-0.1, -0.05) is 12.1 Å². The highest BCUT2D eigenvalue weighted by Gasteiger charge is 2.29. The van der Waals surface area contributed by atoms with Gasteiger partial charge in [-0.2, -0.15) is 23.5 Å². The van der Waals surface area contributed by atoms with Gasteiger partial charge in [0.15, 0.2) is 0 Å². The fourth-order valence-electron chi connectivity index (χ4n) is 3.54. The summed E-state index contributed by atoms with van der Waals surface area (Å²) in [5, 5.41) is 0. The largest absolute Gasteiger partial charge is 0.342 e. The van der Waals surface area contributed by atoms with E-state index in [0.29, 0.717) is 5.92 Å². The van der Waals surface area contributed by atoms with Crippen molar-refractivity contribution in [3.8, 4) is 0 Å². The van der Waals surface area contributed by atoms with Crippen LogP contribution in [0, 0.1) is 0 Å². The highest BCUT2D eigenvalue weighted by atomic mass is 32.2. The highest BCUT2D eigenvalue weighted by molar-refractivity contribution is 8.03. The van der Waals surface area contributed by atoms with E-state index in [4.69, 9.17) is 4.98 Å². The van der Waals surface area contributed by atoms with E-state index >= 15 is 0 Å². The summed E-state index contributed by atoms with van der Waals surface area (Å²) in [5.74, 6) is 7.02. The summed E-state index contributed by atoms with van der Waals surface area (Å²) in [6, 6.07) is 9.14. The number of para-hydroxylation sites is 2. The zero-order valence-electron chi connectivity index (χ0n) is 12.8. The van der Waals surface area contributed by atoms with Crippen LogP contribution in [-0.2, 0) is 0 Å². The Hall–Kier alpha value is -0.650. The van der Waals surface area contributed by atoms with Crippen LogP contribution in [-0.4, -0.2) is 57.0 Å². The van der Waals surface area contributed by atoms with Gasteiger partial charge < -0.3 is 4.98 Å². The minimum absolute atomic E-state index is 0.569. The number of aromatic nitrogens is 2. The summed E-state index contributed by atoms with van der Waals surface area (Å²) in [4.78, 5) is 11.1. The van der Waals surface area contributed by atoms with E-state index in [1.165, 1.54) is 60.3 Å². The SMILES string of the molecule is c1ccc2[nH]c(C3CCCN(C4CSCCSC4)C3)nc2c1. The van der Waals surface area contributed by atoms with Crippen LogP contribution in [0.4, 0.5) is 0 Å². The van der Waals surface area contributed by atoms with Gasteiger partial charge in [-0.25, -0.2) is 4.98 Å². The Labute approximate surface area is 140 Å². The van der Waals surface area contributed by atoms with E-state index in [2.05, 4.69) is 57.7 Å². The summed E-state index contributed by atoms with van der Waals surface area (Å²) in [6.07, 6.45) is 2.57. The van der Waals surface area contributed by atoms with E-state index in [-0.39, 0.29) is 0 Å². The van der Waals surface area contributed by atoms with Crippen LogP contribution in [0.5, 0.6) is 0 Å². The van der Waals surface area contributed by atoms with E-state index < -0.39 is 0 Å². The van der Waals surface area contributed by atoms with Crippen LogP contribution >= 0.6 is 23.5 Å². The lowest BCUT2D eigenvalue weighted by Crippen LogP contribution is -2.44. The van der Waals surface area contributed by atoms with Gasteiger partial charge in [0.1, 0.15) is 5.82 Å². The molecular formula is C17H23N3S2. The molecule has 1 unspecified atom stereocenters. The minimum Gasteiger partial charge on any atom is -0.342 e. The van der Waals surface area contributed by atoms with Gasteiger partial charge in [-0.15, -0.1) is 0 Å². The van der Waals surface area contributed by atoms with Gasteiger partial charge in [0, 0.05) is 41.5 Å². The molecule has 4 rings (SSSR count). The third kappa shape index (κ3) is 3.17. The lowest BCUT2D eigenvalue weighted by molar-refractivity contribution is 0.170. The first kappa shape index (κ1) is 14.9. The minimum atomic E-state index is 0.569. The molecule has 1 aromatic carbocycles. The number of benzene rings is 1. The zero-order chi connectivity index (χ0) is 14.8. The number of thioether (sulfide) groups is 2. The molecule has 5 heteroatoms. The first-order valence-electron chi connectivity index (χ1n) is 8.24. The number of imidazole rings is 1. The standard InChI is InChI=1S/C17H23N3S2/c1-2-6-16-15(5-1)18-17(19-16)13-4-3-7-20(10-13)14-11-21-8-9-22-12-14/h1-2,5-6,13-14H,3-4,7-12H2,(H,18,19). The molecule has 0 spiro atoms. The normalized spacial score (nSPS) is 25.4.